The van der Waals surface area contributed by atoms with E-state index < -0.39 is 18.0 Å². The molecule has 0 saturated heterocycles. The quantitative estimate of drug-likeness (QED) is 0.578. The van der Waals surface area contributed by atoms with Crippen LogP contribution in [0.25, 0.3) is 5.69 Å². The number of aromatic nitrogens is 2. The van der Waals surface area contributed by atoms with Crippen molar-refractivity contribution in [3.05, 3.63) is 75.7 Å². The van der Waals surface area contributed by atoms with Crippen LogP contribution in [0.1, 0.15) is 28.7 Å². The van der Waals surface area contributed by atoms with Gasteiger partial charge in [0.2, 0.25) is 0 Å². The molecule has 1 atom stereocenters. The zero-order valence-corrected chi connectivity index (χ0v) is 17.6. The Morgan fingerprint density at radius 2 is 1.83 bits per heavy atom. The van der Waals surface area contributed by atoms with Gasteiger partial charge in [-0.3, -0.25) is 4.79 Å². The molecular formula is C21H19Cl2N3O3. The Kier molecular flexibility index (Phi) is 6.25. The molecule has 3 aromatic rings. The van der Waals surface area contributed by atoms with E-state index in [0.717, 1.165) is 17.1 Å². The van der Waals surface area contributed by atoms with Gasteiger partial charge in [-0.05, 0) is 45.0 Å². The highest BCUT2D eigenvalue weighted by molar-refractivity contribution is 6.36. The molecule has 0 aliphatic carbocycles. The Balaban J connectivity index is 1.74. The molecule has 1 unspecified atom stereocenters. The maximum absolute atomic E-state index is 12.7. The number of carbonyl (C=O) groups excluding carboxylic acids is 2. The maximum Gasteiger partial charge on any atom is 0.340 e. The lowest BCUT2D eigenvalue weighted by atomic mass is 10.2. The van der Waals surface area contributed by atoms with E-state index >= 15 is 0 Å². The number of anilines is 1. The SMILES string of the molecule is Cc1cc(C(=O)OC(C)C(=O)Nc2ncc(Cl)cc2Cl)c(C)n1-c1ccccc1. The molecule has 8 heteroatoms. The lowest BCUT2D eigenvalue weighted by Gasteiger charge is -2.14. The van der Waals surface area contributed by atoms with E-state index in [0.29, 0.717) is 10.6 Å². The number of para-hydroxylation sites is 1. The molecule has 1 amide bonds. The van der Waals surface area contributed by atoms with Crippen LogP contribution in [0.5, 0.6) is 0 Å². The summed E-state index contributed by atoms with van der Waals surface area (Å²) in [7, 11) is 0. The Morgan fingerprint density at radius 1 is 1.14 bits per heavy atom. The van der Waals surface area contributed by atoms with Gasteiger partial charge in [-0.1, -0.05) is 41.4 Å². The first-order valence-electron chi connectivity index (χ1n) is 8.85. The largest absolute Gasteiger partial charge is 0.449 e. The monoisotopic (exact) mass is 431 g/mol. The topological polar surface area (TPSA) is 73.2 Å². The van der Waals surface area contributed by atoms with Crippen LogP contribution in [-0.2, 0) is 9.53 Å². The molecule has 0 radical (unpaired) electrons. The van der Waals surface area contributed by atoms with E-state index in [-0.39, 0.29) is 10.8 Å². The molecule has 0 fully saturated rings. The first-order chi connectivity index (χ1) is 13.8. The third kappa shape index (κ3) is 4.60. The minimum atomic E-state index is -1.05. The maximum atomic E-state index is 12.7. The van der Waals surface area contributed by atoms with Crippen LogP contribution in [0.15, 0.2) is 48.7 Å². The van der Waals surface area contributed by atoms with Gasteiger partial charge in [0.25, 0.3) is 5.91 Å². The molecule has 150 valence electrons. The van der Waals surface area contributed by atoms with Gasteiger partial charge in [-0.15, -0.1) is 0 Å². The fraction of sp³-hybridized carbons (Fsp3) is 0.190. The van der Waals surface area contributed by atoms with E-state index in [4.69, 9.17) is 27.9 Å². The fourth-order valence-electron chi connectivity index (χ4n) is 2.95. The lowest BCUT2D eigenvalue weighted by molar-refractivity contribution is -0.123. The van der Waals surface area contributed by atoms with Crippen LogP contribution in [-0.4, -0.2) is 27.5 Å². The van der Waals surface area contributed by atoms with Gasteiger partial charge in [-0.25, -0.2) is 9.78 Å². The van der Waals surface area contributed by atoms with Crippen LogP contribution >= 0.6 is 23.2 Å². The number of pyridine rings is 1. The normalized spacial score (nSPS) is 11.8. The van der Waals surface area contributed by atoms with Crippen molar-refractivity contribution in [2.45, 2.75) is 26.9 Å². The summed E-state index contributed by atoms with van der Waals surface area (Å²) < 4.78 is 7.31. The second-order valence-electron chi connectivity index (χ2n) is 6.48. The average Bonchev–Trinajstić information content (AvgIpc) is 2.98. The highest BCUT2D eigenvalue weighted by atomic mass is 35.5. The summed E-state index contributed by atoms with van der Waals surface area (Å²) >= 11 is 11.8. The number of aryl methyl sites for hydroxylation is 1. The van der Waals surface area contributed by atoms with Crippen molar-refractivity contribution in [3.8, 4) is 5.69 Å². The second-order valence-corrected chi connectivity index (χ2v) is 7.32. The molecule has 0 spiro atoms. The number of nitrogens with one attached hydrogen (secondary N) is 1. The molecular weight excluding hydrogens is 413 g/mol. The summed E-state index contributed by atoms with van der Waals surface area (Å²) in [5, 5.41) is 3.07. The summed E-state index contributed by atoms with van der Waals surface area (Å²) in [6.45, 7) is 5.22. The molecule has 0 bridgehead atoms. The minimum absolute atomic E-state index is 0.145. The van der Waals surface area contributed by atoms with Crippen molar-refractivity contribution >= 4 is 40.9 Å². The third-order valence-corrected chi connectivity index (χ3v) is 4.86. The van der Waals surface area contributed by atoms with Gasteiger partial charge in [0.05, 0.1) is 15.6 Å². The first kappa shape index (κ1) is 20.9. The van der Waals surface area contributed by atoms with Crippen LogP contribution in [0, 0.1) is 13.8 Å². The molecule has 0 aliphatic rings. The summed E-state index contributed by atoms with van der Waals surface area (Å²) in [6, 6.07) is 12.9. The molecule has 0 aliphatic heterocycles. The van der Waals surface area contributed by atoms with Crippen LogP contribution < -0.4 is 5.32 Å². The Hall–Kier alpha value is -2.83. The third-order valence-electron chi connectivity index (χ3n) is 4.37. The van der Waals surface area contributed by atoms with Crippen molar-refractivity contribution in [2.24, 2.45) is 0 Å². The van der Waals surface area contributed by atoms with Crippen molar-refractivity contribution in [1.29, 1.82) is 0 Å². The van der Waals surface area contributed by atoms with Gasteiger partial charge in [-0.2, -0.15) is 0 Å². The lowest BCUT2D eigenvalue weighted by Crippen LogP contribution is -2.30. The Morgan fingerprint density at radius 3 is 2.48 bits per heavy atom. The number of esters is 1. The summed E-state index contributed by atoms with van der Waals surface area (Å²) in [6.07, 6.45) is 0.314. The molecule has 1 N–H and O–H groups in total. The fourth-order valence-corrected chi connectivity index (χ4v) is 3.37. The zero-order chi connectivity index (χ0) is 21.1. The molecule has 6 nitrogen and oxygen atoms in total. The van der Waals surface area contributed by atoms with Gasteiger partial charge in [0, 0.05) is 23.3 Å². The van der Waals surface area contributed by atoms with Gasteiger partial charge in [0.1, 0.15) is 0 Å². The van der Waals surface area contributed by atoms with E-state index in [2.05, 4.69) is 10.3 Å². The zero-order valence-electron chi connectivity index (χ0n) is 16.1. The Bertz CT molecular complexity index is 1060. The minimum Gasteiger partial charge on any atom is -0.449 e. The number of hydrogen-bond donors (Lipinski definition) is 1. The summed E-state index contributed by atoms with van der Waals surface area (Å²) in [5.41, 5.74) is 2.95. The van der Waals surface area contributed by atoms with Crippen molar-refractivity contribution in [3.63, 3.8) is 0 Å². The highest BCUT2D eigenvalue weighted by Crippen LogP contribution is 2.24. The van der Waals surface area contributed by atoms with Crippen molar-refractivity contribution < 1.29 is 14.3 Å². The predicted octanol–water partition coefficient (Wildman–Crippen LogP) is 4.98. The number of amides is 1. The van der Waals surface area contributed by atoms with Crippen molar-refractivity contribution in [1.82, 2.24) is 9.55 Å². The van der Waals surface area contributed by atoms with E-state index in [1.54, 1.807) is 6.07 Å². The second kappa shape index (κ2) is 8.68. The summed E-state index contributed by atoms with van der Waals surface area (Å²) in [5.74, 6) is -0.990. The number of benzene rings is 1. The van der Waals surface area contributed by atoms with E-state index in [9.17, 15) is 9.59 Å². The van der Waals surface area contributed by atoms with Crippen LogP contribution in [0.2, 0.25) is 10.0 Å². The molecule has 0 saturated carbocycles. The van der Waals surface area contributed by atoms with Crippen molar-refractivity contribution in [2.75, 3.05) is 5.32 Å². The number of ether oxygens (including phenoxy) is 1. The smallest absolute Gasteiger partial charge is 0.340 e. The molecule has 2 heterocycles. The van der Waals surface area contributed by atoms with Gasteiger partial charge < -0.3 is 14.6 Å². The molecule has 1 aromatic carbocycles. The number of hydrogen-bond acceptors (Lipinski definition) is 4. The molecule has 2 aromatic heterocycles. The van der Waals surface area contributed by atoms with Crippen LogP contribution in [0.4, 0.5) is 5.82 Å². The highest BCUT2D eigenvalue weighted by Gasteiger charge is 2.23. The standard InChI is InChI=1S/C21H19Cl2N3O3/c1-12-9-17(13(2)26(12)16-7-5-4-6-8-16)21(28)29-14(3)20(27)25-19-18(23)10-15(22)11-24-19/h4-11,14H,1-3H3,(H,24,25,27). The summed E-state index contributed by atoms with van der Waals surface area (Å²) in [4.78, 5) is 29.0. The number of nitrogens with zero attached hydrogens (tertiary/aromatic N) is 2. The first-order valence-corrected chi connectivity index (χ1v) is 9.60. The Labute approximate surface area is 178 Å². The molecule has 29 heavy (non-hydrogen) atoms. The van der Waals surface area contributed by atoms with E-state index in [1.165, 1.54) is 19.2 Å². The van der Waals surface area contributed by atoms with Crippen LogP contribution in [0.3, 0.4) is 0 Å². The number of rotatable bonds is 5. The van der Waals surface area contributed by atoms with Gasteiger partial charge in [0.15, 0.2) is 11.9 Å². The number of halogens is 2. The molecule has 3 rings (SSSR count). The number of carbonyl (C=O) groups is 2. The predicted molar refractivity (Wildman–Crippen MR) is 113 cm³/mol. The van der Waals surface area contributed by atoms with Gasteiger partial charge >= 0.3 is 5.97 Å². The average molecular weight is 432 g/mol. The van der Waals surface area contributed by atoms with E-state index in [1.807, 2.05) is 48.7 Å².